The number of nitrogens with two attached hydrogens (primary N) is 1. The molecular formula is C28H29N3O6. The van der Waals surface area contributed by atoms with Crippen LogP contribution in [0.3, 0.4) is 0 Å². The summed E-state index contributed by atoms with van der Waals surface area (Å²) in [6.07, 6.45) is 0.251. The van der Waals surface area contributed by atoms with Gasteiger partial charge in [0.15, 0.2) is 12.4 Å². The van der Waals surface area contributed by atoms with E-state index in [0.717, 1.165) is 5.56 Å². The van der Waals surface area contributed by atoms with Gasteiger partial charge in [0.25, 0.3) is 5.91 Å². The molecule has 3 aromatic rings. The summed E-state index contributed by atoms with van der Waals surface area (Å²) in [4.78, 5) is 37.9. The number of hydrogen-bond acceptors (Lipinski definition) is 7. The average Bonchev–Trinajstić information content (AvgIpc) is 2.92. The number of methoxy groups -OCH3 is 1. The molecule has 192 valence electrons. The molecule has 3 aromatic carbocycles. The summed E-state index contributed by atoms with van der Waals surface area (Å²) in [5.74, 6) is -0.223. The summed E-state index contributed by atoms with van der Waals surface area (Å²) in [5, 5.41) is 10.3. The zero-order chi connectivity index (χ0) is 26.8. The molecule has 0 aliphatic carbocycles. The average molecular weight is 504 g/mol. The number of Topliss-reactive ketones (excluding diaryl/α,β-unsaturated/α-hetero) is 1. The molecule has 0 aliphatic heterocycles. The number of benzene rings is 3. The van der Waals surface area contributed by atoms with Gasteiger partial charge < -0.3 is 25.3 Å². The number of amidine groups is 1. The van der Waals surface area contributed by atoms with Gasteiger partial charge in [-0.25, -0.2) is 4.79 Å². The number of hydrogen-bond donors (Lipinski definition) is 3. The van der Waals surface area contributed by atoms with Gasteiger partial charge in [-0.2, -0.15) is 0 Å². The second-order valence-corrected chi connectivity index (χ2v) is 8.05. The van der Waals surface area contributed by atoms with Gasteiger partial charge in [-0.15, -0.1) is 0 Å². The Bertz CT molecular complexity index is 1240. The minimum atomic E-state index is -0.861. The van der Waals surface area contributed by atoms with Crippen LogP contribution in [0.4, 0.5) is 0 Å². The highest BCUT2D eigenvalue weighted by atomic mass is 16.6. The van der Waals surface area contributed by atoms with Gasteiger partial charge in [0.05, 0.1) is 19.8 Å². The fourth-order valence-corrected chi connectivity index (χ4v) is 3.51. The van der Waals surface area contributed by atoms with E-state index in [0.29, 0.717) is 28.2 Å². The fraction of sp³-hybridized carbons (Fsp3) is 0.214. The van der Waals surface area contributed by atoms with Gasteiger partial charge in [0.2, 0.25) is 0 Å². The van der Waals surface area contributed by atoms with Crippen molar-refractivity contribution in [2.75, 3.05) is 20.3 Å². The van der Waals surface area contributed by atoms with Crippen molar-refractivity contribution in [2.45, 2.75) is 19.4 Å². The number of amides is 1. The number of ether oxygens (including phenoxy) is 3. The second kappa shape index (κ2) is 12.9. The third-order valence-corrected chi connectivity index (χ3v) is 5.48. The first kappa shape index (κ1) is 26.9. The summed E-state index contributed by atoms with van der Waals surface area (Å²) in [5.41, 5.74) is 7.52. The molecule has 0 radical (unpaired) electrons. The topological polar surface area (TPSA) is 141 Å². The van der Waals surface area contributed by atoms with Crippen LogP contribution in [0.5, 0.6) is 11.5 Å². The van der Waals surface area contributed by atoms with Crippen LogP contribution in [0.2, 0.25) is 0 Å². The first-order chi connectivity index (χ1) is 17.8. The van der Waals surface area contributed by atoms with E-state index in [1.165, 1.54) is 0 Å². The summed E-state index contributed by atoms with van der Waals surface area (Å²) < 4.78 is 15.4. The van der Waals surface area contributed by atoms with E-state index in [1.807, 2.05) is 12.1 Å². The molecular weight excluding hydrogens is 474 g/mol. The van der Waals surface area contributed by atoms with Crippen LogP contribution in [0.15, 0.2) is 72.8 Å². The fourth-order valence-electron chi connectivity index (χ4n) is 3.51. The largest absolute Gasteiger partial charge is 0.497 e. The minimum Gasteiger partial charge on any atom is -0.497 e. The molecule has 0 aliphatic rings. The van der Waals surface area contributed by atoms with Gasteiger partial charge in [-0.1, -0.05) is 24.3 Å². The van der Waals surface area contributed by atoms with E-state index in [9.17, 15) is 14.4 Å². The van der Waals surface area contributed by atoms with Gasteiger partial charge in [0.1, 0.15) is 17.3 Å². The van der Waals surface area contributed by atoms with Crippen LogP contribution in [0.25, 0.3) is 0 Å². The molecule has 1 atom stereocenters. The van der Waals surface area contributed by atoms with Crippen molar-refractivity contribution in [2.24, 2.45) is 5.73 Å². The van der Waals surface area contributed by atoms with Crippen LogP contribution in [-0.2, 0) is 16.0 Å². The highest BCUT2D eigenvalue weighted by Gasteiger charge is 2.23. The number of rotatable bonds is 12. The highest BCUT2D eigenvalue weighted by molar-refractivity contribution is 6.05. The van der Waals surface area contributed by atoms with Crippen molar-refractivity contribution in [1.82, 2.24) is 5.32 Å². The Morgan fingerprint density at radius 1 is 0.865 bits per heavy atom. The van der Waals surface area contributed by atoms with Crippen molar-refractivity contribution in [1.29, 1.82) is 5.41 Å². The lowest BCUT2D eigenvalue weighted by Crippen LogP contribution is -2.42. The smallest absolute Gasteiger partial charge is 0.344 e. The molecule has 9 nitrogen and oxygen atoms in total. The van der Waals surface area contributed by atoms with Crippen molar-refractivity contribution < 1.29 is 28.6 Å². The molecule has 0 bridgehead atoms. The monoisotopic (exact) mass is 503 g/mol. The van der Waals surface area contributed by atoms with Crippen molar-refractivity contribution in [3.05, 3.63) is 95.1 Å². The van der Waals surface area contributed by atoms with E-state index in [1.54, 1.807) is 74.7 Å². The SMILES string of the molecule is CCOC(=O)COc1ccc(C(=O)C(Cc2ccc(OC)cc2)NC(=O)c2ccc(C(=N)N)cc2)cc1. The number of nitrogens with one attached hydrogen (secondary N) is 2. The van der Waals surface area contributed by atoms with Crippen molar-refractivity contribution in [3.8, 4) is 11.5 Å². The number of ketones is 1. The number of carbonyl (C=O) groups is 3. The predicted molar refractivity (Wildman–Crippen MR) is 138 cm³/mol. The van der Waals surface area contributed by atoms with Crippen LogP contribution in [-0.4, -0.2) is 49.9 Å². The Morgan fingerprint density at radius 2 is 1.43 bits per heavy atom. The van der Waals surface area contributed by atoms with Crippen LogP contribution in [0, 0.1) is 5.41 Å². The number of esters is 1. The van der Waals surface area contributed by atoms with Crippen LogP contribution < -0.4 is 20.5 Å². The molecule has 1 unspecified atom stereocenters. The van der Waals surface area contributed by atoms with E-state index in [4.69, 9.17) is 25.4 Å². The highest BCUT2D eigenvalue weighted by Crippen LogP contribution is 2.18. The third kappa shape index (κ3) is 7.66. The zero-order valence-electron chi connectivity index (χ0n) is 20.7. The molecule has 0 heterocycles. The van der Waals surface area contributed by atoms with E-state index in [2.05, 4.69) is 5.32 Å². The summed E-state index contributed by atoms with van der Waals surface area (Å²) in [7, 11) is 1.57. The number of carbonyl (C=O) groups excluding carboxylic acids is 3. The molecule has 3 rings (SSSR count). The van der Waals surface area contributed by atoms with Crippen LogP contribution >= 0.6 is 0 Å². The first-order valence-corrected chi connectivity index (χ1v) is 11.6. The van der Waals surface area contributed by atoms with Gasteiger partial charge in [0, 0.05) is 23.1 Å². The van der Waals surface area contributed by atoms with E-state index in [-0.39, 0.29) is 31.3 Å². The van der Waals surface area contributed by atoms with Crippen LogP contribution in [0.1, 0.15) is 38.8 Å². The standard InChI is InChI=1S/C28H29N3O6/c1-3-36-25(32)17-37-23-14-10-19(11-15-23)26(33)24(16-18-4-12-22(35-2)13-5-18)31-28(34)21-8-6-20(7-9-21)27(29)30/h4-15,24H,3,16-17H2,1-2H3,(H3,29,30)(H,31,34). The molecule has 0 saturated heterocycles. The summed E-state index contributed by atoms with van der Waals surface area (Å²) in [6, 6.07) is 19.0. The molecule has 0 fully saturated rings. The Hall–Kier alpha value is -4.66. The van der Waals surface area contributed by atoms with Crippen molar-refractivity contribution in [3.63, 3.8) is 0 Å². The zero-order valence-corrected chi connectivity index (χ0v) is 20.7. The van der Waals surface area contributed by atoms with E-state index >= 15 is 0 Å². The molecule has 4 N–H and O–H groups in total. The molecule has 1 amide bonds. The maximum Gasteiger partial charge on any atom is 0.344 e. The second-order valence-electron chi connectivity index (χ2n) is 8.05. The first-order valence-electron chi connectivity index (χ1n) is 11.6. The third-order valence-electron chi connectivity index (χ3n) is 5.48. The van der Waals surface area contributed by atoms with Gasteiger partial charge in [-0.05, 0) is 61.0 Å². The van der Waals surface area contributed by atoms with Gasteiger partial charge in [-0.3, -0.25) is 15.0 Å². The Morgan fingerprint density at radius 3 is 2.00 bits per heavy atom. The quantitative estimate of drug-likeness (QED) is 0.149. The Balaban J connectivity index is 1.78. The molecule has 0 aromatic heterocycles. The lowest BCUT2D eigenvalue weighted by Gasteiger charge is -2.19. The summed E-state index contributed by atoms with van der Waals surface area (Å²) in [6.45, 7) is 1.73. The Kier molecular flexibility index (Phi) is 9.37. The maximum atomic E-state index is 13.4. The van der Waals surface area contributed by atoms with Gasteiger partial charge >= 0.3 is 5.97 Å². The lowest BCUT2D eigenvalue weighted by atomic mass is 9.97. The lowest BCUT2D eigenvalue weighted by molar-refractivity contribution is -0.145. The van der Waals surface area contributed by atoms with E-state index < -0.39 is 17.9 Å². The minimum absolute atomic E-state index is 0.103. The maximum absolute atomic E-state index is 13.4. The molecule has 9 heteroatoms. The molecule has 37 heavy (non-hydrogen) atoms. The summed E-state index contributed by atoms with van der Waals surface area (Å²) >= 11 is 0. The Labute approximate surface area is 215 Å². The molecule has 0 saturated carbocycles. The van der Waals surface area contributed by atoms with Crippen molar-refractivity contribution >= 4 is 23.5 Å². The normalized spacial score (nSPS) is 11.2. The molecule has 0 spiro atoms. The predicted octanol–water partition coefficient (Wildman–Crippen LogP) is 3.15. The number of nitrogen functional groups attached to an aromatic ring is 1.